The summed E-state index contributed by atoms with van der Waals surface area (Å²) >= 11 is 0. The normalized spacial score (nSPS) is 22.9. The topological polar surface area (TPSA) is 55.1 Å². The Morgan fingerprint density at radius 1 is 1.25 bits per heavy atom. The molecule has 0 radical (unpaired) electrons. The lowest BCUT2D eigenvalue weighted by molar-refractivity contribution is -0.128. The number of carbonyl (C=O) groups is 1. The molecule has 0 aromatic carbocycles. The fraction of sp³-hybridized carbons (Fsp3) is 0.923. The molecule has 1 rings (SSSR count). The van der Waals surface area contributed by atoms with Crippen LogP contribution in [-0.4, -0.2) is 19.0 Å². The van der Waals surface area contributed by atoms with Crippen molar-refractivity contribution in [3.8, 4) is 0 Å². The van der Waals surface area contributed by atoms with Crippen LogP contribution in [0.15, 0.2) is 0 Å². The Bertz CT molecular complexity index is 278. The highest BCUT2D eigenvalue weighted by Gasteiger charge is 2.64. The van der Waals surface area contributed by atoms with E-state index in [0.29, 0.717) is 23.3 Å². The van der Waals surface area contributed by atoms with E-state index in [9.17, 15) is 4.79 Å². The lowest BCUT2D eigenvalue weighted by atomic mass is 9.92. The monoisotopic (exact) mass is 226 g/mol. The Kier molecular flexibility index (Phi) is 3.14. The molecule has 0 aromatic heterocycles. The molecule has 3 N–H and O–H groups in total. The van der Waals surface area contributed by atoms with E-state index in [2.05, 4.69) is 33.0 Å². The van der Waals surface area contributed by atoms with Crippen LogP contribution in [0.25, 0.3) is 0 Å². The van der Waals surface area contributed by atoms with Crippen molar-refractivity contribution in [3.63, 3.8) is 0 Å². The van der Waals surface area contributed by atoms with Crippen LogP contribution >= 0.6 is 0 Å². The van der Waals surface area contributed by atoms with E-state index in [-0.39, 0.29) is 5.91 Å². The van der Waals surface area contributed by atoms with Crippen LogP contribution in [0.3, 0.4) is 0 Å². The average Bonchev–Trinajstić information content (AvgIpc) is 2.54. The van der Waals surface area contributed by atoms with Gasteiger partial charge in [-0.05, 0) is 30.6 Å². The second-order valence-electron chi connectivity index (χ2n) is 6.79. The number of nitrogens with one attached hydrogen (secondary N) is 1. The Hall–Kier alpha value is -0.570. The molecular formula is C13H26N2O. The van der Waals surface area contributed by atoms with Gasteiger partial charge in [0.05, 0.1) is 5.41 Å². The molecule has 1 saturated carbocycles. The van der Waals surface area contributed by atoms with E-state index < -0.39 is 5.41 Å². The number of amides is 1. The minimum absolute atomic E-state index is 0.0634. The molecule has 0 spiro atoms. The van der Waals surface area contributed by atoms with E-state index in [4.69, 9.17) is 5.73 Å². The van der Waals surface area contributed by atoms with Gasteiger partial charge in [-0.3, -0.25) is 4.79 Å². The summed E-state index contributed by atoms with van der Waals surface area (Å²) in [7, 11) is 0. The quantitative estimate of drug-likeness (QED) is 0.767. The molecule has 16 heavy (non-hydrogen) atoms. The molecule has 94 valence electrons. The largest absolute Gasteiger partial charge is 0.355 e. The van der Waals surface area contributed by atoms with Crippen LogP contribution in [0.2, 0.25) is 0 Å². The van der Waals surface area contributed by atoms with Gasteiger partial charge in [0.25, 0.3) is 0 Å². The maximum Gasteiger partial charge on any atom is 0.226 e. The van der Waals surface area contributed by atoms with E-state index in [1.54, 1.807) is 0 Å². The molecule has 1 aliphatic carbocycles. The first-order valence-corrected chi connectivity index (χ1v) is 6.06. The van der Waals surface area contributed by atoms with Crippen molar-refractivity contribution in [2.24, 2.45) is 27.9 Å². The molecule has 0 aliphatic heterocycles. The summed E-state index contributed by atoms with van der Waals surface area (Å²) in [5.41, 5.74) is 5.77. The molecule has 0 unspecified atom stereocenters. The zero-order chi connectivity index (χ0) is 12.8. The van der Waals surface area contributed by atoms with Gasteiger partial charge >= 0.3 is 0 Å². The van der Waals surface area contributed by atoms with Crippen molar-refractivity contribution in [2.45, 2.75) is 41.5 Å². The van der Waals surface area contributed by atoms with Crippen LogP contribution in [0.5, 0.6) is 0 Å². The Balaban J connectivity index is 2.47. The van der Waals surface area contributed by atoms with Crippen molar-refractivity contribution >= 4 is 5.91 Å². The summed E-state index contributed by atoms with van der Waals surface area (Å²) in [6.45, 7) is 14.0. The van der Waals surface area contributed by atoms with Gasteiger partial charge in [-0.15, -0.1) is 0 Å². The molecule has 0 aromatic rings. The fourth-order valence-corrected chi connectivity index (χ4v) is 2.37. The third-order valence-electron chi connectivity index (χ3n) is 4.91. The van der Waals surface area contributed by atoms with Crippen LogP contribution in [-0.2, 0) is 4.79 Å². The summed E-state index contributed by atoms with van der Waals surface area (Å²) in [5.74, 6) is 0.631. The van der Waals surface area contributed by atoms with Gasteiger partial charge < -0.3 is 11.1 Å². The molecular weight excluding hydrogens is 200 g/mol. The average molecular weight is 226 g/mol. The summed E-state index contributed by atoms with van der Waals surface area (Å²) < 4.78 is 0. The second kappa shape index (κ2) is 3.73. The molecule has 0 bridgehead atoms. The van der Waals surface area contributed by atoms with E-state index in [0.717, 1.165) is 6.54 Å². The Morgan fingerprint density at radius 2 is 1.69 bits per heavy atom. The standard InChI is InChI=1S/C13H26N2O/c1-11(2,8-14)10(16)15-7-9-12(3,4)13(9,5)6/h9H,7-8,14H2,1-6H3,(H,15,16). The summed E-state index contributed by atoms with van der Waals surface area (Å²) in [5, 5.41) is 3.03. The molecule has 1 amide bonds. The highest BCUT2D eigenvalue weighted by molar-refractivity contribution is 5.82. The highest BCUT2D eigenvalue weighted by Crippen LogP contribution is 2.67. The first-order valence-electron chi connectivity index (χ1n) is 6.06. The van der Waals surface area contributed by atoms with E-state index >= 15 is 0 Å². The van der Waals surface area contributed by atoms with Gasteiger partial charge in [0.1, 0.15) is 0 Å². The van der Waals surface area contributed by atoms with Crippen molar-refractivity contribution < 1.29 is 4.79 Å². The number of rotatable bonds is 4. The lowest BCUT2D eigenvalue weighted by Gasteiger charge is -2.21. The van der Waals surface area contributed by atoms with Crippen LogP contribution < -0.4 is 11.1 Å². The highest BCUT2D eigenvalue weighted by atomic mass is 16.2. The van der Waals surface area contributed by atoms with Crippen LogP contribution in [0.1, 0.15) is 41.5 Å². The number of hydrogen-bond acceptors (Lipinski definition) is 2. The molecule has 1 fully saturated rings. The first-order chi connectivity index (χ1) is 7.07. The summed E-state index contributed by atoms with van der Waals surface area (Å²) in [6.07, 6.45) is 0. The maximum absolute atomic E-state index is 11.9. The van der Waals surface area contributed by atoms with Crippen LogP contribution in [0, 0.1) is 22.2 Å². The molecule has 1 aliphatic rings. The summed E-state index contributed by atoms with van der Waals surface area (Å²) in [6, 6.07) is 0. The minimum atomic E-state index is -0.455. The second-order valence-corrected chi connectivity index (χ2v) is 6.79. The minimum Gasteiger partial charge on any atom is -0.355 e. The number of nitrogens with two attached hydrogens (primary N) is 1. The summed E-state index contributed by atoms with van der Waals surface area (Å²) in [4.78, 5) is 11.9. The Labute approximate surface area is 99.2 Å². The third-order valence-corrected chi connectivity index (χ3v) is 4.91. The van der Waals surface area contributed by atoms with Crippen molar-refractivity contribution in [1.82, 2.24) is 5.32 Å². The fourth-order valence-electron chi connectivity index (χ4n) is 2.37. The Morgan fingerprint density at radius 3 is 2.00 bits per heavy atom. The predicted octanol–water partition coefficient (Wildman–Crippen LogP) is 1.77. The number of hydrogen-bond donors (Lipinski definition) is 2. The lowest BCUT2D eigenvalue weighted by Crippen LogP contribution is -2.42. The molecule has 0 heterocycles. The van der Waals surface area contributed by atoms with Gasteiger partial charge in [-0.25, -0.2) is 0 Å². The SMILES string of the molecule is CC(C)(CN)C(=O)NCC1C(C)(C)C1(C)C. The van der Waals surface area contributed by atoms with Gasteiger partial charge in [0, 0.05) is 13.1 Å². The smallest absolute Gasteiger partial charge is 0.226 e. The van der Waals surface area contributed by atoms with Crippen LogP contribution in [0.4, 0.5) is 0 Å². The zero-order valence-electron chi connectivity index (χ0n) is 11.5. The molecule has 3 nitrogen and oxygen atoms in total. The van der Waals surface area contributed by atoms with Crippen molar-refractivity contribution in [1.29, 1.82) is 0 Å². The van der Waals surface area contributed by atoms with Gasteiger partial charge in [-0.2, -0.15) is 0 Å². The molecule has 0 atom stereocenters. The number of carbonyl (C=O) groups excluding carboxylic acids is 1. The third kappa shape index (κ3) is 1.97. The van der Waals surface area contributed by atoms with Gasteiger partial charge in [-0.1, -0.05) is 27.7 Å². The first kappa shape index (κ1) is 13.5. The van der Waals surface area contributed by atoms with Crippen molar-refractivity contribution in [3.05, 3.63) is 0 Å². The van der Waals surface area contributed by atoms with E-state index in [1.807, 2.05) is 13.8 Å². The molecule has 0 saturated heterocycles. The van der Waals surface area contributed by atoms with Crippen molar-refractivity contribution in [2.75, 3.05) is 13.1 Å². The maximum atomic E-state index is 11.9. The van der Waals surface area contributed by atoms with E-state index in [1.165, 1.54) is 0 Å². The zero-order valence-corrected chi connectivity index (χ0v) is 11.5. The molecule has 3 heteroatoms. The van der Waals surface area contributed by atoms with Gasteiger partial charge in [0.15, 0.2) is 0 Å². The van der Waals surface area contributed by atoms with Gasteiger partial charge in [0.2, 0.25) is 5.91 Å². The predicted molar refractivity (Wildman–Crippen MR) is 66.9 cm³/mol.